The fourth-order valence-electron chi connectivity index (χ4n) is 12.0. The molecule has 0 fully saturated rings. The van der Waals surface area contributed by atoms with Crippen molar-refractivity contribution in [3.63, 3.8) is 0 Å². The van der Waals surface area contributed by atoms with Crippen molar-refractivity contribution in [2.24, 2.45) is 0 Å². The summed E-state index contributed by atoms with van der Waals surface area (Å²) in [6, 6.07) is 65.2. The highest BCUT2D eigenvalue weighted by molar-refractivity contribution is 5.92. The average molecular weight is 955 g/mol. The van der Waals surface area contributed by atoms with E-state index in [1.54, 1.807) is 0 Å². The van der Waals surface area contributed by atoms with Gasteiger partial charge < -0.3 is 4.90 Å². The van der Waals surface area contributed by atoms with Gasteiger partial charge in [0.15, 0.2) is 0 Å². The highest BCUT2D eigenvalue weighted by atomic mass is 15.1. The monoisotopic (exact) mass is 955 g/mol. The second-order valence-electron chi connectivity index (χ2n) is 24.7. The van der Waals surface area contributed by atoms with Crippen LogP contribution in [-0.4, -0.2) is 0 Å². The summed E-state index contributed by atoms with van der Waals surface area (Å²) in [4.78, 5) is 1.93. The van der Waals surface area contributed by atoms with Crippen LogP contribution in [0.25, 0.3) is 22.3 Å². The molecule has 73 heavy (non-hydrogen) atoms. The standard InChI is InChI=1S/C72H71N/c1-67(2,3)48-26-34-52(35-27-48)71(53-36-28-49(29-37-53)68(4,5)6)63-24-18-16-22-59(63)61-44-42-57(46-65(61)71)73(56-20-14-13-15-21-56)58-43-45-62-60-23-17-19-25-64(60)72(66(62)47-58,54-38-30-50(31-39-54)69(7,8)9)55-40-32-51(33-41-55)70(10,11)12/h13-47H,1-12H3/i13D,14D,15D,20D,21D. The molecule has 0 N–H and O–H groups in total. The van der Waals surface area contributed by atoms with Crippen LogP contribution in [0.3, 0.4) is 0 Å². The van der Waals surface area contributed by atoms with E-state index in [1.165, 1.54) is 22.3 Å². The molecule has 2 aliphatic carbocycles. The van der Waals surface area contributed by atoms with Crippen molar-refractivity contribution in [3.05, 3.63) is 279 Å². The van der Waals surface area contributed by atoms with E-state index >= 15 is 0 Å². The molecular formula is C72H71N. The van der Waals surface area contributed by atoms with E-state index in [4.69, 9.17) is 1.37 Å². The largest absolute Gasteiger partial charge is 0.310 e. The number of fused-ring (bicyclic) bond motifs is 6. The van der Waals surface area contributed by atoms with Crippen LogP contribution < -0.4 is 4.90 Å². The zero-order valence-corrected chi connectivity index (χ0v) is 44.8. The Morgan fingerprint density at radius 3 is 0.890 bits per heavy atom. The highest BCUT2D eigenvalue weighted by Crippen LogP contribution is 2.60. The van der Waals surface area contributed by atoms with Gasteiger partial charge in [-0.1, -0.05) is 259 Å². The Bertz CT molecular complexity index is 3440. The quantitative estimate of drug-likeness (QED) is 0.154. The second kappa shape index (κ2) is 17.2. The molecule has 0 spiro atoms. The lowest BCUT2D eigenvalue weighted by Crippen LogP contribution is -2.29. The zero-order valence-electron chi connectivity index (χ0n) is 49.8. The molecule has 0 amide bonds. The van der Waals surface area contributed by atoms with Crippen LogP contribution in [0.4, 0.5) is 17.1 Å². The van der Waals surface area contributed by atoms with E-state index in [0.29, 0.717) is 11.4 Å². The van der Waals surface area contributed by atoms with Crippen LogP contribution in [0.5, 0.6) is 0 Å². The fourth-order valence-corrected chi connectivity index (χ4v) is 12.0. The van der Waals surface area contributed by atoms with E-state index < -0.39 is 29.0 Å². The predicted molar refractivity (Wildman–Crippen MR) is 311 cm³/mol. The van der Waals surface area contributed by atoms with Crippen LogP contribution in [0.1, 0.15) is 157 Å². The molecule has 0 saturated carbocycles. The van der Waals surface area contributed by atoms with Gasteiger partial charge in [-0.05, 0) is 147 Å². The third-order valence-electron chi connectivity index (χ3n) is 16.0. The van der Waals surface area contributed by atoms with Gasteiger partial charge in [0.25, 0.3) is 0 Å². The van der Waals surface area contributed by atoms with Crippen molar-refractivity contribution >= 4 is 17.1 Å². The normalized spacial score (nSPS) is 15.5. The maximum Gasteiger partial charge on any atom is 0.0714 e. The Morgan fingerprint density at radius 1 is 0.301 bits per heavy atom. The summed E-state index contributed by atoms with van der Waals surface area (Å²) in [6.45, 7) is 27.0. The Kier molecular flexibility index (Phi) is 9.97. The van der Waals surface area contributed by atoms with Crippen LogP contribution in [-0.2, 0) is 32.5 Å². The van der Waals surface area contributed by atoms with Crippen molar-refractivity contribution < 1.29 is 6.85 Å². The number of hydrogen-bond donors (Lipinski definition) is 0. The SMILES string of the molecule is [2H]c1c([2H])c([2H])c(N(c2ccc3c(c2)C(c2ccc(C(C)(C)C)cc2)(c2ccc(C(C)(C)C)cc2)c2ccccc2-3)c2ccc3c(c2)C(c2ccc(C(C)(C)C)cc2)(c2ccc(C(C)(C)C)cc2)c2ccccc2-3)c([2H])c1[2H]. The first-order chi connectivity index (χ1) is 36.8. The topological polar surface area (TPSA) is 3.24 Å². The van der Waals surface area contributed by atoms with Crippen molar-refractivity contribution in [2.75, 3.05) is 4.90 Å². The van der Waals surface area contributed by atoms with Gasteiger partial charge in [-0.25, -0.2) is 0 Å². The lowest BCUT2D eigenvalue weighted by Gasteiger charge is -2.36. The van der Waals surface area contributed by atoms with E-state index in [2.05, 4.69) is 265 Å². The third-order valence-corrected chi connectivity index (χ3v) is 16.0. The molecule has 0 aliphatic heterocycles. The van der Waals surface area contributed by atoms with Gasteiger partial charge in [-0.2, -0.15) is 0 Å². The Labute approximate surface area is 443 Å². The molecule has 1 nitrogen and oxygen atoms in total. The summed E-state index contributed by atoms with van der Waals surface area (Å²) < 4.78 is 46.6. The molecular weight excluding hydrogens is 879 g/mol. The first-order valence-electron chi connectivity index (χ1n) is 28.6. The van der Waals surface area contributed by atoms with Crippen molar-refractivity contribution in [1.82, 2.24) is 0 Å². The second-order valence-corrected chi connectivity index (χ2v) is 24.7. The molecule has 0 aromatic heterocycles. The molecule has 0 atom stereocenters. The molecule has 9 aromatic carbocycles. The summed E-state index contributed by atoms with van der Waals surface area (Å²) in [7, 11) is 0. The molecule has 9 aromatic rings. The molecule has 1 heteroatoms. The summed E-state index contributed by atoms with van der Waals surface area (Å²) in [5, 5.41) is 0. The molecule has 0 heterocycles. The van der Waals surface area contributed by atoms with Crippen LogP contribution in [0, 0.1) is 0 Å². The van der Waals surface area contributed by atoms with Gasteiger partial charge in [0, 0.05) is 17.1 Å². The summed E-state index contributed by atoms with van der Waals surface area (Å²) in [5.41, 5.74) is 17.8. The molecule has 364 valence electrons. The van der Waals surface area contributed by atoms with Crippen LogP contribution in [0.15, 0.2) is 212 Å². The first-order valence-corrected chi connectivity index (χ1v) is 26.1. The molecule has 0 bridgehead atoms. The van der Waals surface area contributed by atoms with Gasteiger partial charge in [-0.15, -0.1) is 0 Å². The minimum Gasteiger partial charge on any atom is -0.310 e. The molecule has 0 saturated heterocycles. The van der Waals surface area contributed by atoms with E-state index in [1.807, 2.05) is 4.90 Å². The first kappa shape index (κ1) is 42.3. The summed E-state index contributed by atoms with van der Waals surface area (Å²) in [6.07, 6.45) is 0. The van der Waals surface area contributed by atoms with Gasteiger partial charge in [-0.3, -0.25) is 0 Å². The number of anilines is 3. The van der Waals surface area contributed by atoms with E-state index in [9.17, 15) is 5.48 Å². The third kappa shape index (κ3) is 7.81. The maximum absolute atomic E-state index is 9.74. The number of hydrogen-bond acceptors (Lipinski definition) is 1. The number of benzene rings is 9. The summed E-state index contributed by atoms with van der Waals surface area (Å²) in [5.74, 6) is 0. The van der Waals surface area contributed by atoms with Crippen LogP contribution in [0.2, 0.25) is 0 Å². The lowest BCUT2D eigenvalue weighted by atomic mass is 9.66. The minimum absolute atomic E-state index is 0.0658. The fraction of sp³-hybridized carbons (Fsp3) is 0.250. The predicted octanol–water partition coefficient (Wildman–Crippen LogP) is 19.1. The molecule has 11 rings (SSSR count). The van der Waals surface area contributed by atoms with Gasteiger partial charge in [0.05, 0.1) is 17.7 Å². The molecule has 2 aliphatic rings. The number of rotatable bonds is 7. The average Bonchev–Trinajstić information content (AvgIpc) is 3.58. The van der Waals surface area contributed by atoms with E-state index in [-0.39, 0.29) is 39.4 Å². The Morgan fingerprint density at radius 2 is 0.589 bits per heavy atom. The van der Waals surface area contributed by atoms with Crippen LogP contribution >= 0.6 is 0 Å². The number of para-hydroxylation sites is 1. The van der Waals surface area contributed by atoms with Crippen molar-refractivity contribution in [1.29, 1.82) is 0 Å². The smallest absolute Gasteiger partial charge is 0.0714 e. The lowest BCUT2D eigenvalue weighted by molar-refractivity contribution is 0.588. The molecule has 0 radical (unpaired) electrons. The highest BCUT2D eigenvalue weighted by Gasteiger charge is 2.48. The van der Waals surface area contributed by atoms with Crippen molar-refractivity contribution in [3.8, 4) is 22.3 Å². The Hall–Kier alpha value is -7.22. The van der Waals surface area contributed by atoms with Crippen molar-refractivity contribution in [2.45, 2.75) is 116 Å². The van der Waals surface area contributed by atoms with Gasteiger partial charge in [0.1, 0.15) is 0 Å². The van der Waals surface area contributed by atoms with Gasteiger partial charge in [0.2, 0.25) is 0 Å². The zero-order chi connectivity index (χ0) is 55.6. The molecule has 0 unspecified atom stereocenters. The van der Waals surface area contributed by atoms with E-state index in [0.717, 1.165) is 66.8 Å². The minimum atomic E-state index is -0.798. The maximum atomic E-state index is 9.74. The number of nitrogens with zero attached hydrogens (tertiary/aromatic N) is 1. The Balaban J connectivity index is 1.23. The summed E-state index contributed by atoms with van der Waals surface area (Å²) >= 11 is 0. The van der Waals surface area contributed by atoms with Gasteiger partial charge >= 0.3 is 0 Å².